The molecule has 18 heavy (non-hydrogen) atoms. The third kappa shape index (κ3) is 6.02. The Morgan fingerprint density at radius 3 is 2.78 bits per heavy atom. The Morgan fingerprint density at radius 1 is 1.39 bits per heavy atom. The van der Waals surface area contributed by atoms with E-state index in [4.69, 9.17) is 5.26 Å². The summed E-state index contributed by atoms with van der Waals surface area (Å²) in [6.07, 6.45) is 1.29. The van der Waals surface area contributed by atoms with Crippen molar-refractivity contribution in [1.82, 2.24) is 10.2 Å². The maximum atomic E-state index is 11.6. The first kappa shape index (κ1) is 14.2. The first-order chi connectivity index (χ1) is 8.72. The summed E-state index contributed by atoms with van der Waals surface area (Å²) >= 11 is 0. The van der Waals surface area contributed by atoms with Crippen molar-refractivity contribution < 1.29 is 4.79 Å². The lowest BCUT2D eigenvalue weighted by Gasteiger charge is -2.14. The maximum Gasteiger partial charge on any atom is 0.234 e. The van der Waals surface area contributed by atoms with Gasteiger partial charge in [0.15, 0.2) is 0 Å². The van der Waals surface area contributed by atoms with Crippen LogP contribution < -0.4 is 5.32 Å². The zero-order chi connectivity index (χ0) is 13.2. The number of benzene rings is 1. The van der Waals surface area contributed by atoms with Gasteiger partial charge in [0.1, 0.15) is 0 Å². The van der Waals surface area contributed by atoms with Crippen LogP contribution >= 0.6 is 0 Å². The average Bonchev–Trinajstić information content (AvgIpc) is 2.37. The van der Waals surface area contributed by atoms with Crippen LogP contribution in [0.15, 0.2) is 30.3 Å². The van der Waals surface area contributed by atoms with Gasteiger partial charge in [-0.05, 0) is 19.0 Å². The summed E-state index contributed by atoms with van der Waals surface area (Å²) in [6.45, 7) is 1.62. The van der Waals surface area contributed by atoms with E-state index >= 15 is 0 Å². The molecule has 0 saturated carbocycles. The molecular weight excluding hydrogens is 226 g/mol. The smallest absolute Gasteiger partial charge is 0.234 e. The molecule has 0 aliphatic carbocycles. The largest absolute Gasteiger partial charge is 0.355 e. The second-order valence-electron chi connectivity index (χ2n) is 4.23. The second-order valence-corrected chi connectivity index (χ2v) is 4.23. The fourth-order valence-electron chi connectivity index (χ4n) is 1.61. The molecule has 0 unspecified atom stereocenters. The molecule has 1 aromatic rings. The second kappa shape index (κ2) is 8.26. The van der Waals surface area contributed by atoms with Crippen molar-refractivity contribution in [3.8, 4) is 6.07 Å². The zero-order valence-electron chi connectivity index (χ0n) is 10.7. The molecule has 4 heteroatoms. The first-order valence-electron chi connectivity index (χ1n) is 6.08. The van der Waals surface area contributed by atoms with Crippen LogP contribution in [0.3, 0.4) is 0 Å². The quantitative estimate of drug-likeness (QED) is 0.785. The minimum atomic E-state index is 0.00590. The summed E-state index contributed by atoms with van der Waals surface area (Å²) in [4.78, 5) is 13.4. The van der Waals surface area contributed by atoms with E-state index in [9.17, 15) is 4.79 Å². The van der Waals surface area contributed by atoms with Crippen molar-refractivity contribution in [1.29, 1.82) is 5.26 Å². The molecule has 0 aliphatic rings. The Balaban J connectivity index is 2.16. The zero-order valence-corrected chi connectivity index (χ0v) is 10.7. The highest BCUT2D eigenvalue weighted by atomic mass is 16.2. The Kier molecular flexibility index (Phi) is 6.52. The van der Waals surface area contributed by atoms with Crippen molar-refractivity contribution in [2.75, 3.05) is 26.7 Å². The van der Waals surface area contributed by atoms with Crippen molar-refractivity contribution in [2.45, 2.75) is 12.8 Å². The summed E-state index contributed by atoms with van der Waals surface area (Å²) in [5.41, 5.74) is 1.22. The van der Waals surface area contributed by atoms with Crippen LogP contribution in [0.1, 0.15) is 12.0 Å². The fraction of sp³-hybridized carbons (Fsp3) is 0.429. The van der Waals surface area contributed by atoms with E-state index in [0.717, 1.165) is 6.42 Å². The van der Waals surface area contributed by atoms with Crippen LogP contribution in [0.25, 0.3) is 0 Å². The number of likely N-dealkylation sites (N-methyl/N-ethyl adjacent to an activating group) is 1. The number of nitriles is 1. The van der Waals surface area contributed by atoms with Crippen molar-refractivity contribution in [3.05, 3.63) is 35.9 Å². The van der Waals surface area contributed by atoms with Gasteiger partial charge in [-0.15, -0.1) is 0 Å². The van der Waals surface area contributed by atoms with Crippen LogP contribution in [-0.2, 0) is 11.2 Å². The van der Waals surface area contributed by atoms with Gasteiger partial charge in [-0.1, -0.05) is 30.3 Å². The molecule has 0 atom stereocenters. The standard InChI is InChI=1S/C14H19N3O/c1-17(11-5-9-15)12-14(18)16-10-8-13-6-3-2-4-7-13/h2-4,6-7H,5,8,10-12H2,1H3,(H,16,18). The van der Waals surface area contributed by atoms with Crippen LogP contribution in [0, 0.1) is 11.3 Å². The van der Waals surface area contributed by atoms with Gasteiger partial charge in [-0.3, -0.25) is 9.69 Å². The monoisotopic (exact) mass is 245 g/mol. The van der Waals surface area contributed by atoms with Gasteiger partial charge in [-0.2, -0.15) is 5.26 Å². The molecule has 96 valence electrons. The Labute approximate surface area is 108 Å². The van der Waals surface area contributed by atoms with Gasteiger partial charge in [0, 0.05) is 19.5 Å². The molecule has 0 saturated heterocycles. The first-order valence-corrected chi connectivity index (χ1v) is 6.08. The van der Waals surface area contributed by atoms with Gasteiger partial charge >= 0.3 is 0 Å². The molecule has 0 fully saturated rings. The van der Waals surface area contributed by atoms with E-state index < -0.39 is 0 Å². The van der Waals surface area contributed by atoms with E-state index in [1.54, 1.807) is 0 Å². The van der Waals surface area contributed by atoms with Crippen LogP contribution in [0.5, 0.6) is 0 Å². The number of carbonyl (C=O) groups is 1. The van der Waals surface area contributed by atoms with E-state index in [0.29, 0.717) is 26.1 Å². The molecule has 1 aromatic carbocycles. The topological polar surface area (TPSA) is 56.1 Å². The number of carbonyl (C=O) groups excluding carboxylic acids is 1. The number of hydrogen-bond donors (Lipinski definition) is 1. The number of rotatable bonds is 7. The Bertz CT molecular complexity index is 397. The third-order valence-corrected chi connectivity index (χ3v) is 2.60. The average molecular weight is 245 g/mol. The molecule has 1 N–H and O–H groups in total. The highest BCUT2D eigenvalue weighted by Gasteiger charge is 2.05. The lowest BCUT2D eigenvalue weighted by Crippen LogP contribution is -2.36. The van der Waals surface area contributed by atoms with E-state index in [1.165, 1.54) is 5.56 Å². The van der Waals surface area contributed by atoms with Crippen LogP contribution in [-0.4, -0.2) is 37.5 Å². The molecule has 1 amide bonds. The molecule has 0 bridgehead atoms. The molecule has 0 heterocycles. The van der Waals surface area contributed by atoms with Crippen molar-refractivity contribution in [3.63, 3.8) is 0 Å². The minimum absolute atomic E-state index is 0.00590. The number of nitrogens with zero attached hydrogens (tertiary/aromatic N) is 2. The normalized spacial score (nSPS) is 10.1. The van der Waals surface area contributed by atoms with E-state index in [2.05, 4.69) is 11.4 Å². The van der Waals surface area contributed by atoms with Crippen molar-refractivity contribution >= 4 is 5.91 Å². The van der Waals surface area contributed by atoms with Gasteiger partial charge in [-0.25, -0.2) is 0 Å². The van der Waals surface area contributed by atoms with E-state index in [-0.39, 0.29) is 5.91 Å². The predicted octanol–water partition coefficient (Wildman–Crippen LogP) is 1.19. The molecule has 0 radical (unpaired) electrons. The summed E-state index contributed by atoms with van der Waals surface area (Å²) in [5, 5.41) is 11.3. The number of amides is 1. The molecular formula is C14H19N3O. The number of hydrogen-bond acceptors (Lipinski definition) is 3. The molecule has 0 aromatic heterocycles. The molecule has 4 nitrogen and oxygen atoms in total. The highest BCUT2D eigenvalue weighted by Crippen LogP contribution is 1.98. The van der Waals surface area contributed by atoms with Crippen LogP contribution in [0.4, 0.5) is 0 Å². The van der Waals surface area contributed by atoms with Crippen molar-refractivity contribution in [2.24, 2.45) is 0 Å². The fourth-order valence-corrected chi connectivity index (χ4v) is 1.61. The van der Waals surface area contributed by atoms with Gasteiger partial charge in [0.25, 0.3) is 0 Å². The Morgan fingerprint density at radius 2 is 2.11 bits per heavy atom. The SMILES string of the molecule is CN(CCC#N)CC(=O)NCCc1ccccc1. The predicted molar refractivity (Wildman–Crippen MR) is 70.9 cm³/mol. The lowest BCUT2D eigenvalue weighted by atomic mass is 10.1. The van der Waals surface area contributed by atoms with Gasteiger partial charge < -0.3 is 5.32 Å². The lowest BCUT2D eigenvalue weighted by molar-refractivity contribution is -0.121. The van der Waals surface area contributed by atoms with E-state index in [1.807, 2.05) is 42.3 Å². The summed E-state index contributed by atoms with van der Waals surface area (Å²) in [7, 11) is 1.84. The third-order valence-electron chi connectivity index (χ3n) is 2.60. The molecule has 0 spiro atoms. The molecule has 0 aliphatic heterocycles. The molecule has 1 rings (SSSR count). The summed E-state index contributed by atoms with van der Waals surface area (Å²) in [5.74, 6) is 0.00590. The number of nitrogens with one attached hydrogen (secondary N) is 1. The highest BCUT2D eigenvalue weighted by molar-refractivity contribution is 5.77. The maximum absolute atomic E-state index is 11.6. The minimum Gasteiger partial charge on any atom is -0.355 e. The summed E-state index contributed by atoms with van der Waals surface area (Å²) < 4.78 is 0. The van der Waals surface area contributed by atoms with Gasteiger partial charge in [0.2, 0.25) is 5.91 Å². The summed E-state index contributed by atoms with van der Waals surface area (Å²) in [6, 6.07) is 12.1. The van der Waals surface area contributed by atoms with Gasteiger partial charge in [0.05, 0.1) is 12.6 Å². The van der Waals surface area contributed by atoms with Crippen LogP contribution in [0.2, 0.25) is 0 Å². The Hall–Kier alpha value is -1.86.